The van der Waals surface area contributed by atoms with E-state index in [0.29, 0.717) is 45.7 Å². The highest BCUT2D eigenvalue weighted by Gasteiger charge is 2.32. The minimum absolute atomic E-state index is 0.0859. The minimum Gasteiger partial charge on any atom is -0.356 e. The molecule has 0 atom stereocenters. The number of carbonyl (C=O) groups excluding carboxylic acids is 4. The quantitative estimate of drug-likeness (QED) is 0.109. The smallest absolute Gasteiger partial charge is 0.253 e. The molecule has 0 aromatic carbocycles. The van der Waals surface area contributed by atoms with Crippen molar-refractivity contribution in [3.63, 3.8) is 0 Å². The maximum Gasteiger partial charge on any atom is 0.253 e. The third-order valence-electron chi connectivity index (χ3n) is 7.25. The number of hydrogen-bond acceptors (Lipinski definition) is 10. The van der Waals surface area contributed by atoms with E-state index in [1.165, 1.54) is 12.2 Å². The van der Waals surface area contributed by atoms with Crippen LogP contribution < -0.4 is 42.5 Å². The molecule has 220 valence electrons. The van der Waals surface area contributed by atoms with Crippen LogP contribution in [0, 0.1) is 5.41 Å². The zero-order chi connectivity index (χ0) is 28.0. The van der Waals surface area contributed by atoms with Crippen LogP contribution in [0.15, 0.2) is 12.2 Å². The van der Waals surface area contributed by atoms with Crippen molar-refractivity contribution >= 4 is 23.6 Å². The molecule has 2 fully saturated rings. The maximum absolute atomic E-state index is 13.0. The van der Waals surface area contributed by atoms with Crippen molar-refractivity contribution in [3.8, 4) is 0 Å². The summed E-state index contributed by atoms with van der Waals surface area (Å²) in [6.45, 7) is 11.4. The molecule has 0 aliphatic carbocycles. The first-order chi connectivity index (χ1) is 18.8. The molecule has 0 saturated carbocycles. The predicted octanol–water partition coefficient (Wildman–Crippen LogP) is -3.03. The van der Waals surface area contributed by atoms with Gasteiger partial charge >= 0.3 is 0 Å². The number of hydrogen-bond donors (Lipinski definition) is 8. The SMILES string of the molecule is C[C@]12CNCCNC[C@](NC(=O)CCCC(=O)NCCCN3C(=O)C=CC3=O)(CNCCNC1)CNCNC2. The average molecular weight is 550 g/mol. The number of amides is 4. The number of nitrogens with one attached hydrogen (secondary N) is 8. The standard InChI is InChI=1S/C26H47N9O4/c1-25-14-27-9-11-29-17-26(19-32-20-31-16-25,18-30-12-10-28-15-25)34-22(37)5-2-4-21(36)33-8-3-13-35-23(38)6-7-24(35)39/h6-7,27-32H,2-5,8-20H2,1H3,(H,33,36)(H,34,37)/t25-,26-. The Kier molecular flexibility index (Phi) is 12.8. The lowest BCUT2D eigenvalue weighted by atomic mass is 9.90. The van der Waals surface area contributed by atoms with Gasteiger partial charge in [0.2, 0.25) is 11.8 Å². The number of imide groups is 1. The molecule has 2 bridgehead atoms. The van der Waals surface area contributed by atoms with E-state index in [1.807, 2.05) is 0 Å². The summed E-state index contributed by atoms with van der Waals surface area (Å²) in [5, 5.41) is 27.2. The molecular weight excluding hydrogens is 502 g/mol. The van der Waals surface area contributed by atoms with Crippen LogP contribution in [0.3, 0.4) is 0 Å². The number of nitrogens with zero attached hydrogens (tertiary/aromatic N) is 1. The Bertz CT molecular complexity index is 832. The van der Waals surface area contributed by atoms with Gasteiger partial charge in [-0.05, 0) is 12.8 Å². The van der Waals surface area contributed by atoms with E-state index in [0.717, 1.165) is 50.7 Å². The van der Waals surface area contributed by atoms with E-state index in [2.05, 4.69) is 49.5 Å². The Morgan fingerprint density at radius 3 is 1.92 bits per heavy atom. The van der Waals surface area contributed by atoms with Crippen LogP contribution in [-0.2, 0) is 19.2 Å². The molecule has 3 heterocycles. The van der Waals surface area contributed by atoms with Gasteiger partial charge in [0, 0.05) is 116 Å². The zero-order valence-electron chi connectivity index (χ0n) is 23.3. The molecule has 3 rings (SSSR count). The summed E-state index contributed by atoms with van der Waals surface area (Å²) in [5.41, 5.74) is -0.434. The van der Waals surface area contributed by atoms with Gasteiger partial charge in [0.1, 0.15) is 0 Å². The van der Waals surface area contributed by atoms with Gasteiger partial charge in [0.15, 0.2) is 0 Å². The highest BCUT2D eigenvalue weighted by atomic mass is 16.2. The summed E-state index contributed by atoms with van der Waals surface area (Å²) < 4.78 is 0. The number of fused-ring (bicyclic) bond motifs is 6. The van der Waals surface area contributed by atoms with Crippen molar-refractivity contribution in [2.75, 3.05) is 85.2 Å². The molecule has 8 N–H and O–H groups in total. The van der Waals surface area contributed by atoms with Gasteiger partial charge in [-0.3, -0.25) is 24.1 Å². The van der Waals surface area contributed by atoms with Crippen molar-refractivity contribution in [2.45, 2.75) is 38.1 Å². The van der Waals surface area contributed by atoms with Crippen molar-refractivity contribution in [3.05, 3.63) is 12.2 Å². The summed E-state index contributed by atoms with van der Waals surface area (Å²) >= 11 is 0. The van der Waals surface area contributed by atoms with Gasteiger partial charge in [0.05, 0.1) is 5.54 Å². The van der Waals surface area contributed by atoms with Gasteiger partial charge in [0.25, 0.3) is 11.8 Å². The fourth-order valence-electron chi connectivity index (χ4n) is 5.02. The van der Waals surface area contributed by atoms with E-state index in [1.54, 1.807) is 0 Å². The van der Waals surface area contributed by atoms with Gasteiger partial charge in [-0.1, -0.05) is 6.92 Å². The van der Waals surface area contributed by atoms with Gasteiger partial charge in [-0.25, -0.2) is 0 Å². The van der Waals surface area contributed by atoms with E-state index >= 15 is 0 Å². The fraction of sp³-hybridized carbons (Fsp3) is 0.769. The van der Waals surface area contributed by atoms with Gasteiger partial charge < -0.3 is 42.5 Å². The highest BCUT2D eigenvalue weighted by molar-refractivity contribution is 6.12. The number of rotatable bonds is 9. The molecule has 4 amide bonds. The second kappa shape index (κ2) is 16.0. The Balaban J connectivity index is 1.44. The molecule has 0 spiro atoms. The van der Waals surface area contributed by atoms with Crippen LogP contribution in [0.1, 0.15) is 32.6 Å². The van der Waals surface area contributed by atoms with Gasteiger partial charge in [-0.15, -0.1) is 0 Å². The first kappa shape index (κ1) is 31.1. The Morgan fingerprint density at radius 2 is 1.28 bits per heavy atom. The number of carbonyl (C=O) groups is 4. The van der Waals surface area contributed by atoms with Crippen LogP contribution in [0.25, 0.3) is 0 Å². The van der Waals surface area contributed by atoms with E-state index in [-0.39, 0.29) is 48.4 Å². The molecule has 0 radical (unpaired) electrons. The summed E-state index contributed by atoms with van der Waals surface area (Å²) in [6, 6.07) is 0. The largest absolute Gasteiger partial charge is 0.356 e. The van der Waals surface area contributed by atoms with Crippen molar-refractivity contribution in [1.29, 1.82) is 0 Å². The van der Waals surface area contributed by atoms with E-state index in [4.69, 9.17) is 0 Å². The first-order valence-corrected chi connectivity index (χ1v) is 14.2. The van der Waals surface area contributed by atoms with Crippen molar-refractivity contribution in [1.82, 2.24) is 47.4 Å². The molecule has 3 aliphatic heterocycles. The lowest BCUT2D eigenvalue weighted by Crippen LogP contribution is -2.65. The molecule has 3 aliphatic rings. The minimum atomic E-state index is -0.522. The normalized spacial score (nSPS) is 27.4. The molecular formula is C26H47N9O4. The molecule has 13 nitrogen and oxygen atoms in total. The van der Waals surface area contributed by atoms with Crippen molar-refractivity contribution in [2.24, 2.45) is 5.41 Å². The fourth-order valence-corrected chi connectivity index (χ4v) is 5.02. The van der Waals surface area contributed by atoms with E-state index < -0.39 is 5.54 Å². The summed E-state index contributed by atoms with van der Waals surface area (Å²) in [4.78, 5) is 49.5. The van der Waals surface area contributed by atoms with Crippen LogP contribution in [0.2, 0.25) is 0 Å². The third-order valence-corrected chi connectivity index (χ3v) is 7.25. The summed E-state index contributed by atoms with van der Waals surface area (Å²) in [7, 11) is 0. The average Bonchev–Trinajstić information content (AvgIpc) is 3.23. The molecule has 39 heavy (non-hydrogen) atoms. The third kappa shape index (κ3) is 10.9. The van der Waals surface area contributed by atoms with Crippen LogP contribution >= 0.6 is 0 Å². The monoisotopic (exact) mass is 549 g/mol. The van der Waals surface area contributed by atoms with Gasteiger partial charge in [-0.2, -0.15) is 0 Å². The Morgan fingerprint density at radius 1 is 0.769 bits per heavy atom. The topological polar surface area (TPSA) is 168 Å². The molecule has 0 aromatic heterocycles. The molecule has 0 unspecified atom stereocenters. The predicted molar refractivity (Wildman–Crippen MR) is 149 cm³/mol. The zero-order valence-corrected chi connectivity index (χ0v) is 23.3. The molecule has 0 aromatic rings. The molecule has 2 saturated heterocycles. The Hall–Kier alpha value is -2.42. The highest BCUT2D eigenvalue weighted by Crippen LogP contribution is 2.13. The van der Waals surface area contributed by atoms with Crippen LogP contribution in [0.5, 0.6) is 0 Å². The first-order valence-electron chi connectivity index (χ1n) is 14.2. The van der Waals surface area contributed by atoms with E-state index in [9.17, 15) is 19.2 Å². The van der Waals surface area contributed by atoms with Crippen LogP contribution in [-0.4, -0.2) is 119 Å². The lowest BCUT2D eigenvalue weighted by molar-refractivity contribution is -0.136. The second-order valence-corrected chi connectivity index (χ2v) is 11.1. The summed E-state index contributed by atoms with van der Waals surface area (Å²) in [6.07, 6.45) is 3.90. The molecule has 13 heteroatoms. The second-order valence-electron chi connectivity index (χ2n) is 11.1. The van der Waals surface area contributed by atoms with Crippen LogP contribution in [0.4, 0.5) is 0 Å². The maximum atomic E-state index is 13.0. The van der Waals surface area contributed by atoms with Crippen molar-refractivity contribution < 1.29 is 19.2 Å². The summed E-state index contributed by atoms with van der Waals surface area (Å²) in [5.74, 6) is -0.874. The Labute approximate surface area is 231 Å². The lowest BCUT2D eigenvalue weighted by Gasteiger charge is -2.36.